The van der Waals surface area contributed by atoms with Crippen LogP contribution in [0.3, 0.4) is 0 Å². The van der Waals surface area contributed by atoms with Crippen molar-refractivity contribution in [2.75, 3.05) is 0 Å². The van der Waals surface area contributed by atoms with Gasteiger partial charge in [-0.15, -0.1) is 12.9 Å². The van der Waals surface area contributed by atoms with Gasteiger partial charge in [0.2, 0.25) is 0 Å². The van der Waals surface area contributed by atoms with Crippen LogP contribution in [0.15, 0.2) is 0 Å². The molecule has 0 aliphatic heterocycles. The monoisotopic (exact) mass is 212 g/mol. The van der Waals surface area contributed by atoms with Crippen LogP contribution in [-0.4, -0.2) is 12.9 Å². The maximum atomic E-state index is 8.80. The summed E-state index contributed by atoms with van der Waals surface area (Å²) < 4.78 is 3.22. The molecule has 6 heavy (non-hydrogen) atoms. The van der Waals surface area contributed by atoms with Crippen molar-refractivity contribution < 1.29 is 56.1 Å². The Labute approximate surface area is 68.4 Å². The van der Waals surface area contributed by atoms with E-state index in [0.717, 1.165) is 12.9 Å². The van der Waals surface area contributed by atoms with Gasteiger partial charge in [-0.2, -0.15) is 0 Å². The van der Waals surface area contributed by atoms with Gasteiger partial charge in [-0.25, -0.2) is 0 Å². The van der Waals surface area contributed by atoms with E-state index in [1.165, 1.54) is 0 Å². The van der Waals surface area contributed by atoms with Crippen molar-refractivity contribution in [2.24, 2.45) is 0 Å². The number of hydrogen-bond donors (Lipinski definition) is 0. The molecule has 0 aromatic heterocycles. The van der Waals surface area contributed by atoms with Crippen LogP contribution in [-0.2, 0) is 14.3 Å². The molecule has 0 spiro atoms. The van der Waals surface area contributed by atoms with Crippen LogP contribution in [0.2, 0.25) is 0 Å². The molecule has 0 amide bonds. The molecular weight excluding hydrogens is 212 g/mol. The summed E-state index contributed by atoms with van der Waals surface area (Å²) >= 11 is 0. The van der Waals surface area contributed by atoms with Gasteiger partial charge in [-0.3, -0.25) is 0 Å². The van der Waals surface area contributed by atoms with Gasteiger partial charge >= 0.3 is 0 Å². The third kappa shape index (κ3) is 8.82. The first kappa shape index (κ1) is 9.72. The zero-order valence-electron chi connectivity index (χ0n) is 2.72. The molecule has 0 heterocycles. The van der Waals surface area contributed by atoms with Crippen molar-refractivity contribution in [1.82, 2.24) is 0 Å². The average molecular weight is 212 g/mol. The number of rotatable bonds is 2. The van der Waals surface area contributed by atoms with Gasteiger partial charge in [0.15, 0.2) is 0 Å². The fourth-order valence-corrected chi connectivity index (χ4v) is 0.0170. The standard InChI is InChI=1S/C2O3.Ce/c3-1-5-2-4;/q-2;. The number of carbonyl (C=O) groups excluding carboxylic acids is 2. The molecule has 0 saturated heterocycles. The fraction of sp³-hybridized carbons (Fsp3) is 0. The largest absolute Gasteiger partial charge is 0.783 e. The van der Waals surface area contributed by atoms with Gasteiger partial charge in [0, 0.05) is 41.7 Å². The molecule has 0 bridgehead atoms. The second-order valence-electron chi connectivity index (χ2n) is 0.269. The first-order chi connectivity index (χ1) is 2.41. The van der Waals surface area contributed by atoms with Crippen LogP contribution in [0.5, 0.6) is 0 Å². The number of ether oxygens (including phenoxy) is 1. The Hall–Kier alpha value is 0.517. The van der Waals surface area contributed by atoms with Gasteiger partial charge in [0.1, 0.15) is 0 Å². The van der Waals surface area contributed by atoms with Gasteiger partial charge < -0.3 is 14.3 Å². The Kier molecular flexibility index (Phi) is 14.7. The van der Waals surface area contributed by atoms with Crippen molar-refractivity contribution in [1.29, 1.82) is 0 Å². The maximum Gasteiger partial charge on any atom is 0 e. The second-order valence-corrected chi connectivity index (χ2v) is 0.269. The van der Waals surface area contributed by atoms with Crippen molar-refractivity contribution in [3.8, 4) is 0 Å². The van der Waals surface area contributed by atoms with E-state index in [1.807, 2.05) is 0 Å². The summed E-state index contributed by atoms with van der Waals surface area (Å²) in [7, 11) is 0. The van der Waals surface area contributed by atoms with Crippen LogP contribution in [0.1, 0.15) is 0 Å². The van der Waals surface area contributed by atoms with Crippen LogP contribution in [0.4, 0.5) is 0 Å². The normalized spacial score (nSPS) is 4.67. The Balaban J connectivity index is 0. The van der Waals surface area contributed by atoms with Crippen molar-refractivity contribution in [2.45, 2.75) is 0 Å². The second kappa shape index (κ2) is 9.10. The topological polar surface area (TPSA) is 43.4 Å². The van der Waals surface area contributed by atoms with E-state index in [1.54, 1.807) is 0 Å². The van der Waals surface area contributed by atoms with E-state index in [0.29, 0.717) is 0 Å². The molecule has 0 aliphatic rings. The Morgan fingerprint density at radius 3 is 1.50 bits per heavy atom. The molecule has 32 valence electrons. The summed E-state index contributed by atoms with van der Waals surface area (Å²) in [6.45, 7) is 1.69. The van der Waals surface area contributed by atoms with E-state index in [9.17, 15) is 0 Å². The van der Waals surface area contributed by atoms with Gasteiger partial charge in [-0.1, -0.05) is 0 Å². The Morgan fingerprint density at radius 2 is 1.50 bits per heavy atom. The predicted octanol–water partition coefficient (Wildman–Crippen LogP) is -0.863. The molecule has 0 saturated carbocycles. The molecule has 0 unspecified atom stereocenters. The summed E-state index contributed by atoms with van der Waals surface area (Å²) in [5.41, 5.74) is 0. The van der Waals surface area contributed by atoms with Crippen molar-refractivity contribution in [3.05, 3.63) is 0 Å². The summed E-state index contributed by atoms with van der Waals surface area (Å²) in [6.07, 6.45) is 0. The van der Waals surface area contributed by atoms with Gasteiger partial charge in [0.25, 0.3) is 0 Å². The first-order valence-electron chi connectivity index (χ1n) is 0.816. The minimum atomic E-state index is 0. The summed E-state index contributed by atoms with van der Waals surface area (Å²) in [5, 5.41) is 0. The molecule has 0 fully saturated rings. The third-order valence-electron chi connectivity index (χ3n) is 0.0833. The summed E-state index contributed by atoms with van der Waals surface area (Å²) in [4.78, 5) is 17.6. The fourth-order valence-electron chi connectivity index (χ4n) is 0.0170. The van der Waals surface area contributed by atoms with E-state index in [4.69, 9.17) is 9.59 Å². The predicted molar refractivity (Wildman–Crippen MR) is 12.5 cm³/mol. The molecule has 3 nitrogen and oxygen atoms in total. The van der Waals surface area contributed by atoms with Crippen molar-refractivity contribution >= 4 is 12.9 Å². The molecule has 0 aromatic carbocycles. The molecule has 0 rings (SSSR count). The zero-order chi connectivity index (χ0) is 4.12. The van der Waals surface area contributed by atoms with Crippen LogP contribution >= 0.6 is 0 Å². The molecule has 0 radical (unpaired) electrons. The zero-order valence-corrected chi connectivity index (χ0v) is 5.86. The SMILES string of the molecule is O=[C-]O[C-]=O.[Ce]. The molecule has 0 atom stereocenters. The van der Waals surface area contributed by atoms with E-state index in [2.05, 4.69) is 4.74 Å². The molecular formula is C2CeO3-2. The van der Waals surface area contributed by atoms with Gasteiger partial charge in [-0.05, 0) is 0 Å². The smallest absolute Gasteiger partial charge is 0 e. The minimum absolute atomic E-state index is 0. The quantitative estimate of drug-likeness (QED) is 0.442. The average Bonchev–Trinajstić information content (AvgIpc) is 1.41. The van der Waals surface area contributed by atoms with Crippen LogP contribution < -0.4 is 0 Å². The van der Waals surface area contributed by atoms with E-state index >= 15 is 0 Å². The summed E-state index contributed by atoms with van der Waals surface area (Å²) in [6, 6.07) is 0. The first-order valence-corrected chi connectivity index (χ1v) is 0.816. The maximum absolute atomic E-state index is 8.80. The van der Waals surface area contributed by atoms with Crippen LogP contribution in [0.25, 0.3) is 0 Å². The molecule has 0 aliphatic carbocycles. The third-order valence-corrected chi connectivity index (χ3v) is 0.0833. The van der Waals surface area contributed by atoms with Gasteiger partial charge in [0.05, 0.1) is 0 Å². The molecule has 0 aromatic rings. The molecule has 4 heteroatoms. The Bertz CT molecular complexity index is 38.1. The molecule has 0 N–H and O–H groups in total. The number of hydrogen-bond acceptors (Lipinski definition) is 3. The van der Waals surface area contributed by atoms with E-state index < -0.39 is 0 Å². The summed E-state index contributed by atoms with van der Waals surface area (Å²) in [5.74, 6) is 0. The van der Waals surface area contributed by atoms with Crippen molar-refractivity contribution in [3.63, 3.8) is 0 Å². The minimum Gasteiger partial charge on any atom is -0.783 e. The van der Waals surface area contributed by atoms with E-state index in [-0.39, 0.29) is 41.7 Å². The van der Waals surface area contributed by atoms with Crippen LogP contribution in [0, 0.1) is 41.7 Å². The Morgan fingerprint density at radius 1 is 1.17 bits per heavy atom.